The van der Waals surface area contributed by atoms with Gasteiger partial charge in [0, 0.05) is 65.8 Å². The molecule has 0 saturated carbocycles. The summed E-state index contributed by atoms with van der Waals surface area (Å²) < 4.78 is 9.55. The van der Waals surface area contributed by atoms with E-state index in [9.17, 15) is 0 Å². The fraction of sp³-hybridized carbons (Fsp3) is 0. The van der Waals surface area contributed by atoms with Gasteiger partial charge in [0.25, 0.3) is 0 Å². The average molecular weight is 1580 g/mol. The second-order valence-electron chi connectivity index (χ2n) is 32.5. The Morgan fingerprint density at radius 3 is 0.766 bits per heavy atom. The Bertz CT molecular complexity index is 8640. The molecule has 0 saturated heterocycles. The van der Waals surface area contributed by atoms with Gasteiger partial charge in [-0.25, -0.2) is 0 Å². The van der Waals surface area contributed by atoms with Crippen molar-refractivity contribution < 1.29 is 0 Å². The van der Waals surface area contributed by atoms with Crippen LogP contribution in [0.25, 0.3) is 230 Å². The van der Waals surface area contributed by atoms with Gasteiger partial charge in [0.05, 0.1) is 44.1 Å². The quantitative estimate of drug-likeness (QED) is 0.128. The zero-order valence-electron chi connectivity index (χ0n) is 67.8. The number of rotatable bonds is 9. The van der Waals surface area contributed by atoms with E-state index in [1.807, 2.05) is 0 Å². The molecule has 0 amide bonds. The fourth-order valence-corrected chi connectivity index (χ4v) is 20.0. The molecule has 26 aromatic rings. The highest BCUT2D eigenvalue weighted by Crippen LogP contribution is 2.46. The first-order chi connectivity index (χ1) is 61.5. The molecule has 0 bridgehead atoms. The van der Waals surface area contributed by atoms with Crippen LogP contribution in [0.3, 0.4) is 0 Å². The second-order valence-corrected chi connectivity index (χ2v) is 32.5. The van der Waals surface area contributed by atoms with Gasteiger partial charge >= 0.3 is 0 Å². The molecule has 4 aromatic heterocycles. The molecular weight excluding hydrogens is 1500 g/mol. The summed E-state index contributed by atoms with van der Waals surface area (Å²) in [4.78, 5) is 0. The molecule has 0 spiro atoms. The van der Waals surface area contributed by atoms with E-state index in [1.165, 1.54) is 219 Å². The van der Waals surface area contributed by atoms with Crippen molar-refractivity contribution in [3.8, 4) is 78.4 Å². The van der Waals surface area contributed by atoms with E-state index in [2.05, 4.69) is 491 Å². The van der Waals surface area contributed by atoms with E-state index in [-0.39, 0.29) is 0 Å². The number of fused-ring (bicyclic) bond motifs is 24. The minimum atomic E-state index is 1.16. The standard InChI is InChI=1S/C48H32N2.2C36H23N/c1-3-12-33(13-4-1)35-22-26-39(27-23-35)49-45-20-9-7-18-41(45)43-31-37(24-28-47(43)49)38-25-29-48-44(32-38)42-19-8-10-21-46(42)50(48)40-17-11-16-36(30-40)34-14-5-2-6-15-34;1-2-11-25(12-3-1)37-34-19-9-8-17-32(34)36-26(18-10-20-35(36)37)24-21-22-31-29-15-5-4-13-27(29)28-14-6-7-16-30(28)33(31)23-24;1-2-10-26(11-3-1)37-35-17-9-8-16-32(35)34-23-25(19-21-36(34)37)24-18-20-31-29-14-5-4-12-27(29)28-13-6-7-15-30(28)33(31)22-24/h1-32H;2*1-23H. The van der Waals surface area contributed by atoms with Crippen molar-refractivity contribution >= 4 is 152 Å². The maximum Gasteiger partial charge on any atom is 0.0547 e. The highest BCUT2D eigenvalue weighted by atomic mass is 15.0. The lowest BCUT2D eigenvalue weighted by Crippen LogP contribution is -1.94. The minimum absolute atomic E-state index is 1.16. The van der Waals surface area contributed by atoms with Gasteiger partial charge in [-0.2, -0.15) is 0 Å². The Morgan fingerprint density at radius 2 is 0.339 bits per heavy atom. The molecule has 0 unspecified atom stereocenters. The number of nitrogens with zero attached hydrogens (tertiary/aromatic N) is 4. The summed E-state index contributed by atoms with van der Waals surface area (Å²) in [5.74, 6) is 0. The van der Waals surface area contributed by atoms with Crippen LogP contribution in [0.2, 0.25) is 0 Å². The normalized spacial score (nSPS) is 11.7. The Balaban J connectivity index is 0.000000106. The lowest BCUT2D eigenvalue weighted by atomic mass is 9.91. The zero-order chi connectivity index (χ0) is 81.7. The maximum absolute atomic E-state index is 2.40. The van der Waals surface area contributed by atoms with Crippen LogP contribution < -0.4 is 0 Å². The van der Waals surface area contributed by atoms with Crippen molar-refractivity contribution in [3.05, 3.63) is 473 Å². The first kappa shape index (κ1) is 71.7. The predicted molar refractivity (Wildman–Crippen MR) is 529 cm³/mol. The van der Waals surface area contributed by atoms with Gasteiger partial charge in [0.1, 0.15) is 0 Å². The van der Waals surface area contributed by atoms with E-state index >= 15 is 0 Å². The van der Waals surface area contributed by atoms with Crippen molar-refractivity contribution in [1.82, 2.24) is 18.3 Å². The largest absolute Gasteiger partial charge is 0.309 e. The Labute approximate surface area is 716 Å². The smallest absolute Gasteiger partial charge is 0.0547 e. The molecule has 0 atom stereocenters. The highest BCUT2D eigenvalue weighted by Gasteiger charge is 2.22. The van der Waals surface area contributed by atoms with Gasteiger partial charge in [-0.05, 0) is 248 Å². The highest BCUT2D eigenvalue weighted by molar-refractivity contribution is 6.28. The van der Waals surface area contributed by atoms with E-state index in [0.717, 1.165) is 11.4 Å². The monoisotopic (exact) mass is 1570 g/mol. The number of hydrogen-bond acceptors (Lipinski definition) is 0. The van der Waals surface area contributed by atoms with E-state index in [0.29, 0.717) is 0 Å². The summed E-state index contributed by atoms with van der Waals surface area (Å²) in [5.41, 5.74) is 26.7. The zero-order valence-corrected chi connectivity index (χ0v) is 67.8. The second kappa shape index (κ2) is 29.8. The Morgan fingerprint density at radius 1 is 0.105 bits per heavy atom. The average Bonchev–Trinajstić information content (AvgIpc) is 1.26. The van der Waals surface area contributed by atoms with Crippen LogP contribution in [0.15, 0.2) is 473 Å². The Hall–Kier alpha value is -16.4. The third-order valence-corrected chi connectivity index (χ3v) is 25.7. The van der Waals surface area contributed by atoms with Gasteiger partial charge in [0.2, 0.25) is 0 Å². The lowest BCUT2D eigenvalue weighted by Gasteiger charge is -2.13. The van der Waals surface area contributed by atoms with Gasteiger partial charge in [-0.3, -0.25) is 0 Å². The molecule has 0 aliphatic carbocycles. The summed E-state index contributed by atoms with van der Waals surface area (Å²) in [5, 5.41) is 25.8. The molecule has 0 fully saturated rings. The number of para-hydroxylation sites is 6. The summed E-state index contributed by atoms with van der Waals surface area (Å²) in [6, 6.07) is 172. The molecule has 26 rings (SSSR count). The van der Waals surface area contributed by atoms with Crippen LogP contribution in [0, 0.1) is 0 Å². The molecule has 0 N–H and O–H groups in total. The number of benzene rings is 22. The SMILES string of the molecule is c1ccc(-c2ccc(-n3c4ccccc4c4cc(-c5ccc6c(c5)c5ccccc5n6-c5cccc(-c6ccccc6)c5)ccc43)cc2)cc1.c1ccc(-n2c3ccccc3c3c(-c4ccc5c6ccccc6c6ccccc6c5c4)cccc32)cc1.c1ccc(-n2c3ccccc3c3cc(-c4ccc5c6ccccc6c6ccccc6c5c4)ccc32)cc1. The molecule has 4 heterocycles. The Kier molecular flexibility index (Phi) is 17.2. The van der Waals surface area contributed by atoms with Crippen LogP contribution in [0.4, 0.5) is 0 Å². The molecule has 22 aromatic carbocycles. The topological polar surface area (TPSA) is 19.7 Å². The molecule has 124 heavy (non-hydrogen) atoms. The van der Waals surface area contributed by atoms with Gasteiger partial charge < -0.3 is 18.3 Å². The minimum Gasteiger partial charge on any atom is -0.309 e. The van der Waals surface area contributed by atoms with Crippen molar-refractivity contribution in [1.29, 1.82) is 0 Å². The molecule has 4 nitrogen and oxygen atoms in total. The summed E-state index contributed by atoms with van der Waals surface area (Å²) >= 11 is 0. The van der Waals surface area contributed by atoms with Crippen LogP contribution in [0.5, 0.6) is 0 Å². The van der Waals surface area contributed by atoms with Crippen LogP contribution in [-0.4, -0.2) is 18.3 Å². The maximum atomic E-state index is 2.40. The van der Waals surface area contributed by atoms with Crippen molar-refractivity contribution in [2.45, 2.75) is 0 Å². The van der Waals surface area contributed by atoms with Crippen LogP contribution in [-0.2, 0) is 0 Å². The third-order valence-electron chi connectivity index (χ3n) is 25.7. The number of hydrogen-bond donors (Lipinski definition) is 0. The van der Waals surface area contributed by atoms with Crippen molar-refractivity contribution in [2.75, 3.05) is 0 Å². The molecule has 4 heteroatoms. The fourth-order valence-electron chi connectivity index (χ4n) is 20.0. The van der Waals surface area contributed by atoms with Crippen molar-refractivity contribution in [2.24, 2.45) is 0 Å². The molecule has 0 aliphatic rings. The molecule has 578 valence electrons. The van der Waals surface area contributed by atoms with E-state index in [4.69, 9.17) is 0 Å². The summed E-state index contributed by atoms with van der Waals surface area (Å²) in [7, 11) is 0. The first-order valence-electron chi connectivity index (χ1n) is 42.8. The van der Waals surface area contributed by atoms with Gasteiger partial charge in [0.15, 0.2) is 0 Å². The molecule has 0 aliphatic heterocycles. The third kappa shape index (κ3) is 12.0. The number of aromatic nitrogens is 4. The summed E-state index contributed by atoms with van der Waals surface area (Å²) in [6.45, 7) is 0. The lowest BCUT2D eigenvalue weighted by molar-refractivity contribution is 1.18. The van der Waals surface area contributed by atoms with Gasteiger partial charge in [-0.1, -0.05) is 346 Å². The molecule has 0 radical (unpaired) electrons. The van der Waals surface area contributed by atoms with Gasteiger partial charge in [-0.15, -0.1) is 0 Å². The van der Waals surface area contributed by atoms with E-state index in [1.54, 1.807) is 0 Å². The van der Waals surface area contributed by atoms with Crippen molar-refractivity contribution in [3.63, 3.8) is 0 Å². The van der Waals surface area contributed by atoms with E-state index < -0.39 is 0 Å². The van der Waals surface area contributed by atoms with Crippen LogP contribution in [0.1, 0.15) is 0 Å². The predicted octanol–water partition coefficient (Wildman–Crippen LogP) is 32.7. The first-order valence-corrected chi connectivity index (χ1v) is 42.8. The van der Waals surface area contributed by atoms with Crippen LogP contribution >= 0.6 is 0 Å². The molecular formula is C120H78N4. The summed E-state index contributed by atoms with van der Waals surface area (Å²) in [6.07, 6.45) is 0.